The number of anilines is 2. The van der Waals surface area contributed by atoms with Crippen molar-refractivity contribution in [3.8, 4) is 5.75 Å². The summed E-state index contributed by atoms with van der Waals surface area (Å²) in [4.78, 5) is 19.1. The predicted octanol–water partition coefficient (Wildman–Crippen LogP) is 6.64. The number of alkyl halides is 3. The van der Waals surface area contributed by atoms with Gasteiger partial charge in [-0.25, -0.2) is 9.18 Å². The zero-order valence-corrected chi connectivity index (χ0v) is 20.3. The highest BCUT2D eigenvalue weighted by Gasteiger charge is 2.37. The Kier molecular flexibility index (Phi) is 6.70. The number of aryl methyl sites for hydroxylation is 1. The zero-order chi connectivity index (χ0) is 26.2. The van der Waals surface area contributed by atoms with Crippen LogP contribution in [0.4, 0.5) is 33.7 Å². The van der Waals surface area contributed by atoms with Crippen molar-refractivity contribution in [3.05, 3.63) is 89.2 Å². The van der Waals surface area contributed by atoms with Crippen molar-refractivity contribution in [2.45, 2.75) is 45.3 Å². The third-order valence-electron chi connectivity index (χ3n) is 7.04. The first kappa shape index (κ1) is 24.9. The minimum Gasteiger partial charge on any atom is -0.405 e. The fraction of sp³-hybridized carbons (Fsp3) is 0.321. The summed E-state index contributed by atoms with van der Waals surface area (Å²) in [5.74, 6) is -0.585. The van der Waals surface area contributed by atoms with Crippen LogP contribution in [0, 0.1) is 12.7 Å². The number of nitrogens with zero attached hydrogens (tertiary/aromatic N) is 3. The summed E-state index contributed by atoms with van der Waals surface area (Å²) in [6.07, 6.45) is -3.52. The van der Waals surface area contributed by atoms with Crippen LogP contribution < -0.4 is 14.5 Å². The Bertz CT molecular complexity index is 1270. The number of carbonyl (C=O) groups excluding carboxylic acids is 1. The summed E-state index contributed by atoms with van der Waals surface area (Å²) in [5, 5.41) is 0. The summed E-state index contributed by atoms with van der Waals surface area (Å²) in [6.45, 7) is 3.43. The zero-order valence-electron chi connectivity index (χ0n) is 20.3. The first-order valence-electron chi connectivity index (χ1n) is 12.2. The number of hydrogen-bond donors (Lipinski definition) is 0. The Labute approximate surface area is 212 Å². The number of rotatable bonds is 5. The van der Waals surface area contributed by atoms with E-state index < -0.39 is 6.36 Å². The predicted molar refractivity (Wildman–Crippen MR) is 133 cm³/mol. The quantitative estimate of drug-likeness (QED) is 0.359. The van der Waals surface area contributed by atoms with Crippen molar-refractivity contribution in [1.29, 1.82) is 0 Å². The molecule has 1 fully saturated rings. The van der Waals surface area contributed by atoms with E-state index in [1.165, 1.54) is 29.2 Å². The minimum absolute atomic E-state index is 0.0636. The molecule has 0 spiro atoms. The largest absolute Gasteiger partial charge is 0.573 e. The summed E-state index contributed by atoms with van der Waals surface area (Å²) in [6, 6.07) is 18.0. The third-order valence-corrected chi connectivity index (χ3v) is 7.04. The maximum absolute atomic E-state index is 14.5. The Hall–Kier alpha value is -3.75. The first-order valence-corrected chi connectivity index (χ1v) is 12.2. The van der Waals surface area contributed by atoms with Crippen LogP contribution in [0.1, 0.15) is 29.5 Å². The molecule has 2 aliphatic heterocycles. The SMILES string of the molecule is Cc1cccc(F)c1N1CCC(N2Cc3ccccc3N(Cc3ccccc3OC(F)(F)F)C2=O)CC1. The monoisotopic (exact) mass is 513 g/mol. The molecule has 5 rings (SSSR count). The fourth-order valence-corrected chi connectivity index (χ4v) is 5.31. The van der Waals surface area contributed by atoms with Crippen molar-refractivity contribution >= 4 is 17.4 Å². The number of carbonyl (C=O) groups is 1. The number of ether oxygens (including phenoxy) is 1. The molecule has 2 heterocycles. The van der Waals surface area contributed by atoms with E-state index in [2.05, 4.69) is 4.74 Å². The van der Waals surface area contributed by atoms with Crippen LogP contribution in [0.25, 0.3) is 0 Å². The van der Waals surface area contributed by atoms with Gasteiger partial charge in [-0.2, -0.15) is 0 Å². The van der Waals surface area contributed by atoms with Gasteiger partial charge in [0.15, 0.2) is 0 Å². The normalized spacial score (nSPS) is 16.7. The van der Waals surface area contributed by atoms with Gasteiger partial charge in [0, 0.05) is 31.2 Å². The Morgan fingerprint density at radius 1 is 0.946 bits per heavy atom. The molecule has 0 bridgehead atoms. The fourth-order valence-electron chi connectivity index (χ4n) is 5.31. The van der Waals surface area contributed by atoms with Crippen LogP contribution in [-0.2, 0) is 13.1 Å². The average molecular weight is 514 g/mol. The van der Waals surface area contributed by atoms with Crippen molar-refractivity contribution < 1.29 is 27.1 Å². The highest BCUT2D eigenvalue weighted by molar-refractivity contribution is 5.95. The van der Waals surface area contributed by atoms with Gasteiger partial charge in [-0.3, -0.25) is 4.90 Å². The number of hydrogen-bond acceptors (Lipinski definition) is 3. The maximum atomic E-state index is 14.5. The molecule has 0 aromatic heterocycles. The van der Waals surface area contributed by atoms with Crippen LogP contribution in [0.3, 0.4) is 0 Å². The highest BCUT2D eigenvalue weighted by atomic mass is 19.4. The van der Waals surface area contributed by atoms with E-state index in [1.54, 1.807) is 23.1 Å². The van der Waals surface area contributed by atoms with E-state index in [0.29, 0.717) is 43.9 Å². The second-order valence-electron chi connectivity index (χ2n) is 9.40. The molecule has 2 amide bonds. The molecule has 0 saturated carbocycles. The standard InChI is InChI=1S/C28H27F4N3O2/c1-19-7-6-10-23(29)26(19)33-15-13-22(14-16-33)34-17-20-8-2-4-11-24(20)35(27(34)36)18-21-9-3-5-12-25(21)37-28(30,31)32/h2-12,22H,13-18H2,1H3. The minimum atomic E-state index is -4.84. The lowest BCUT2D eigenvalue weighted by molar-refractivity contribution is -0.274. The van der Waals surface area contributed by atoms with E-state index in [4.69, 9.17) is 0 Å². The summed E-state index contributed by atoms with van der Waals surface area (Å²) in [5.41, 5.74) is 3.31. The number of urea groups is 1. The molecule has 5 nitrogen and oxygen atoms in total. The van der Waals surface area contributed by atoms with Crippen LogP contribution in [0.5, 0.6) is 5.75 Å². The molecule has 37 heavy (non-hydrogen) atoms. The Morgan fingerprint density at radius 2 is 1.65 bits per heavy atom. The van der Waals surface area contributed by atoms with Gasteiger partial charge in [0.2, 0.25) is 0 Å². The molecule has 0 aliphatic carbocycles. The third kappa shape index (κ3) is 5.21. The lowest BCUT2D eigenvalue weighted by atomic mass is 9.99. The van der Waals surface area contributed by atoms with E-state index in [-0.39, 0.29) is 35.7 Å². The molecule has 2 aliphatic rings. The highest BCUT2D eigenvalue weighted by Crippen LogP contribution is 2.36. The van der Waals surface area contributed by atoms with Gasteiger partial charge in [0.25, 0.3) is 0 Å². The van der Waals surface area contributed by atoms with Gasteiger partial charge in [-0.05, 0) is 49.1 Å². The van der Waals surface area contributed by atoms with E-state index in [9.17, 15) is 22.4 Å². The van der Waals surface area contributed by atoms with Crippen LogP contribution >= 0.6 is 0 Å². The molecule has 3 aromatic rings. The van der Waals surface area contributed by atoms with Crippen LogP contribution in [0.15, 0.2) is 66.7 Å². The summed E-state index contributed by atoms with van der Waals surface area (Å²) < 4.78 is 57.7. The maximum Gasteiger partial charge on any atom is 0.573 e. The molecule has 0 N–H and O–H groups in total. The number of amides is 2. The number of halogens is 4. The van der Waals surface area contributed by atoms with Gasteiger partial charge >= 0.3 is 12.4 Å². The lowest BCUT2D eigenvalue weighted by Gasteiger charge is -2.44. The topological polar surface area (TPSA) is 36.0 Å². The molecule has 194 valence electrons. The van der Waals surface area contributed by atoms with Gasteiger partial charge in [-0.15, -0.1) is 13.2 Å². The summed E-state index contributed by atoms with van der Waals surface area (Å²) in [7, 11) is 0. The average Bonchev–Trinajstić information content (AvgIpc) is 2.86. The van der Waals surface area contributed by atoms with Crippen LogP contribution in [0.2, 0.25) is 0 Å². The molecule has 3 aromatic carbocycles. The smallest absolute Gasteiger partial charge is 0.405 e. The number of benzene rings is 3. The molecule has 0 radical (unpaired) electrons. The molecular formula is C28H27F4N3O2. The summed E-state index contributed by atoms with van der Waals surface area (Å²) >= 11 is 0. The molecule has 0 atom stereocenters. The van der Waals surface area contributed by atoms with Crippen LogP contribution in [-0.4, -0.2) is 36.4 Å². The first-order chi connectivity index (χ1) is 17.7. The second kappa shape index (κ2) is 9.95. The van der Waals surface area contributed by atoms with Crippen molar-refractivity contribution in [1.82, 2.24) is 4.90 Å². The number of para-hydroxylation sites is 3. The van der Waals surface area contributed by atoms with Crippen molar-refractivity contribution in [2.75, 3.05) is 22.9 Å². The second-order valence-corrected chi connectivity index (χ2v) is 9.40. The molecular weight excluding hydrogens is 486 g/mol. The molecule has 1 saturated heterocycles. The number of fused-ring (bicyclic) bond motifs is 1. The van der Waals surface area contributed by atoms with Gasteiger partial charge in [-0.1, -0.05) is 48.5 Å². The van der Waals surface area contributed by atoms with Gasteiger partial charge in [0.05, 0.1) is 17.9 Å². The van der Waals surface area contributed by atoms with Gasteiger partial charge in [0.1, 0.15) is 11.6 Å². The Balaban J connectivity index is 1.38. The van der Waals surface area contributed by atoms with Crippen molar-refractivity contribution in [3.63, 3.8) is 0 Å². The van der Waals surface area contributed by atoms with E-state index in [1.807, 2.05) is 36.1 Å². The Morgan fingerprint density at radius 3 is 2.38 bits per heavy atom. The van der Waals surface area contributed by atoms with Crippen molar-refractivity contribution in [2.24, 2.45) is 0 Å². The van der Waals surface area contributed by atoms with E-state index >= 15 is 0 Å². The molecule has 0 unspecified atom stereocenters. The van der Waals surface area contributed by atoms with E-state index in [0.717, 1.165) is 11.1 Å². The van der Waals surface area contributed by atoms with Gasteiger partial charge < -0.3 is 14.5 Å². The number of piperidine rings is 1. The lowest BCUT2D eigenvalue weighted by Crippen LogP contribution is -2.54. The molecule has 9 heteroatoms.